The molecule has 1 fully saturated rings. The van der Waals surface area contributed by atoms with Crippen molar-refractivity contribution in [2.45, 2.75) is 51.9 Å². The highest BCUT2D eigenvalue weighted by molar-refractivity contribution is 5.76. The van der Waals surface area contributed by atoms with Crippen molar-refractivity contribution >= 4 is 11.9 Å². The first-order valence-corrected chi connectivity index (χ1v) is 9.78. The minimum absolute atomic E-state index is 0.00422. The third-order valence-corrected chi connectivity index (χ3v) is 5.35. The van der Waals surface area contributed by atoms with E-state index in [9.17, 15) is 4.79 Å². The monoisotopic (exact) mass is 370 g/mol. The van der Waals surface area contributed by atoms with Gasteiger partial charge in [0.15, 0.2) is 0 Å². The summed E-state index contributed by atoms with van der Waals surface area (Å²) in [7, 11) is 0. The van der Waals surface area contributed by atoms with E-state index in [0.717, 1.165) is 19.5 Å². The largest absolute Gasteiger partial charge is 0.408 e. The van der Waals surface area contributed by atoms with Gasteiger partial charge in [-0.2, -0.15) is 0 Å². The molecule has 6 heteroatoms. The smallest absolute Gasteiger partial charge is 0.318 e. The summed E-state index contributed by atoms with van der Waals surface area (Å²) in [6, 6.07) is 11.0. The van der Waals surface area contributed by atoms with Crippen LogP contribution in [0.4, 0.5) is 6.01 Å². The zero-order valence-corrected chi connectivity index (χ0v) is 16.8. The average Bonchev–Trinajstić information content (AvgIpc) is 3.18. The van der Waals surface area contributed by atoms with E-state index in [1.165, 1.54) is 5.56 Å². The summed E-state index contributed by atoms with van der Waals surface area (Å²) in [4.78, 5) is 16.7. The van der Waals surface area contributed by atoms with E-state index in [4.69, 9.17) is 4.42 Å². The SMILES string of the molecule is CC(C)c1nnc(N2CCN(C(=O)CCC(C)(C)c3ccccc3)CC2)o1. The Hall–Kier alpha value is -2.37. The minimum atomic E-state index is -0.00422. The molecule has 0 bridgehead atoms. The second kappa shape index (κ2) is 8.11. The number of hydrogen-bond donors (Lipinski definition) is 0. The van der Waals surface area contributed by atoms with Crippen molar-refractivity contribution in [2.24, 2.45) is 0 Å². The van der Waals surface area contributed by atoms with E-state index in [2.05, 4.69) is 53.2 Å². The van der Waals surface area contributed by atoms with E-state index in [1.54, 1.807) is 0 Å². The molecule has 0 radical (unpaired) electrons. The van der Waals surface area contributed by atoms with Crippen LogP contribution in [-0.4, -0.2) is 47.2 Å². The summed E-state index contributed by atoms with van der Waals surface area (Å²) >= 11 is 0. The zero-order chi connectivity index (χ0) is 19.4. The normalized spacial score (nSPS) is 15.4. The van der Waals surface area contributed by atoms with Crippen molar-refractivity contribution in [3.05, 3.63) is 41.8 Å². The van der Waals surface area contributed by atoms with Crippen LogP contribution >= 0.6 is 0 Å². The van der Waals surface area contributed by atoms with Crippen LogP contribution in [0.2, 0.25) is 0 Å². The second-order valence-electron chi connectivity index (χ2n) is 8.20. The summed E-state index contributed by atoms with van der Waals surface area (Å²) in [5.74, 6) is 1.11. The summed E-state index contributed by atoms with van der Waals surface area (Å²) < 4.78 is 5.72. The van der Waals surface area contributed by atoms with Crippen LogP contribution in [-0.2, 0) is 10.2 Å². The molecule has 1 aliphatic heterocycles. The molecule has 0 unspecified atom stereocenters. The third kappa shape index (κ3) is 4.67. The Morgan fingerprint density at radius 3 is 2.37 bits per heavy atom. The number of carbonyl (C=O) groups excluding carboxylic acids is 1. The minimum Gasteiger partial charge on any atom is -0.408 e. The van der Waals surface area contributed by atoms with Gasteiger partial charge in [-0.05, 0) is 17.4 Å². The number of rotatable bonds is 6. The molecule has 0 saturated carbocycles. The standard InChI is InChI=1S/C21H30N4O2/c1-16(2)19-22-23-20(27-19)25-14-12-24(13-15-25)18(26)10-11-21(3,4)17-8-6-5-7-9-17/h5-9,16H,10-15H2,1-4H3. The summed E-state index contributed by atoms with van der Waals surface area (Å²) in [5, 5.41) is 8.23. The molecule has 2 aromatic rings. The van der Waals surface area contributed by atoms with Crippen molar-refractivity contribution in [1.82, 2.24) is 15.1 Å². The van der Waals surface area contributed by atoms with Gasteiger partial charge in [0.05, 0.1) is 0 Å². The van der Waals surface area contributed by atoms with Gasteiger partial charge in [-0.15, -0.1) is 5.10 Å². The highest BCUT2D eigenvalue weighted by Crippen LogP contribution is 2.28. The molecule has 6 nitrogen and oxygen atoms in total. The highest BCUT2D eigenvalue weighted by atomic mass is 16.4. The first kappa shape index (κ1) is 19.4. The van der Waals surface area contributed by atoms with Crippen LogP contribution < -0.4 is 4.90 Å². The molecular weight excluding hydrogens is 340 g/mol. The van der Waals surface area contributed by atoms with Crippen LogP contribution in [0.3, 0.4) is 0 Å². The van der Waals surface area contributed by atoms with Crippen molar-refractivity contribution in [3.8, 4) is 0 Å². The summed E-state index contributed by atoms with van der Waals surface area (Å²) in [6.45, 7) is 11.3. The second-order valence-corrected chi connectivity index (χ2v) is 8.20. The molecule has 1 aromatic heterocycles. The number of anilines is 1. The van der Waals surface area contributed by atoms with E-state index in [0.29, 0.717) is 31.4 Å². The lowest BCUT2D eigenvalue weighted by molar-refractivity contribution is -0.131. The Bertz CT molecular complexity index is 747. The van der Waals surface area contributed by atoms with Gasteiger partial charge < -0.3 is 14.2 Å². The Labute approximate surface area is 161 Å². The molecule has 0 spiro atoms. The Balaban J connectivity index is 1.49. The first-order chi connectivity index (χ1) is 12.9. The fourth-order valence-corrected chi connectivity index (χ4v) is 3.35. The molecule has 0 atom stereocenters. The van der Waals surface area contributed by atoms with Crippen molar-refractivity contribution in [3.63, 3.8) is 0 Å². The molecule has 27 heavy (non-hydrogen) atoms. The highest BCUT2D eigenvalue weighted by Gasteiger charge is 2.27. The topological polar surface area (TPSA) is 62.5 Å². The van der Waals surface area contributed by atoms with E-state index < -0.39 is 0 Å². The number of nitrogens with zero attached hydrogens (tertiary/aromatic N) is 4. The van der Waals surface area contributed by atoms with Gasteiger partial charge in [0.2, 0.25) is 11.8 Å². The molecule has 2 heterocycles. The Morgan fingerprint density at radius 1 is 1.11 bits per heavy atom. The number of aromatic nitrogens is 2. The molecule has 1 aliphatic rings. The predicted molar refractivity (Wildman–Crippen MR) is 106 cm³/mol. The molecule has 0 aliphatic carbocycles. The molecule has 1 aromatic carbocycles. The molecule has 1 amide bonds. The van der Waals surface area contributed by atoms with Crippen LogP contribution in [0.5, 0.6) is 0 Å². The van der Waals surface area contributed by atoms with E-state index in [1.807, 2.05) is 24.8 Å². The quantitative estimate of drug-likeness (QED) is 0.777. The van der Waals surface area contributed by atoms with Gasteiger partial charge in [-0.25, -0.2) is 0 Å². The Morgan fingerprint density at radius 2 is 1.78 bits per heavy atom. The lowest BCUT2D eigenvalue weighted by atomic mass is 9.80. The Kier molecular flexibility index (Phi) is 5.82. The van der Waals surface area contributed by atoms with Gasteiger partial charge in [-0.3, -0.25) is 4.79 Å². The summed E-state index contributed by atoms with van der Waals surface area (Å²) in [5.41, 5.74) is 1.27. The summed E-state index contributed by atoms with van der Waals surface area (Å²) in [6.07, 6.45) is 1.41. The lowest BCUT2D eigenvalue weighted by Gasteiger charge is -2.34. The maximum Gasteiger partial charge on any atom is 0.318 e. The maximum absolute atomic E-state index is 12.7. The molecular formula is C21H30N4O2. The average molecular weight is 370 g/mol. The third-order valence-electron chi connectivity index (χ3n) is 5.35. The van der Waals surface area contributed by atoms with Crippen molar-refractivity contribution in [1.29, 1.82) is 0 Å². The first-order valence-electron chi connectivity index (χ1n) is 9.78. The number of piperazine rings is 1. The van der Waals surface area contributed by atoms with Gasteiger partial charge >= 0.3 is 6.01 Å². The number of benzene rings is 1. The molecule has 1 saturated heterocycles. The molecule has 0 N–H and O–H groups in total. The molecule has 146 valence electrons. The van der Waals surface area contributed by atoms with Gasteiger partial charge in [-0.1, -0.05) is 63.1 Å². The maximum atomic E-state index is 12.7. The molecule has 3 rings (SSSR count). The fraction of sp³-hybridized carbons (Fsp3) is 0.571. The van der Waals surface area contributed by atoms with E-state index >= 15 is 0 Å². The van der Waals surface area contributed by atoms with Crippen LogP contribution in [0.15, 0.2) is 34.7 Å². The van der Waals surface area contributed by atoms with Gasteiger partial charge in [0.25, 0.3) is 0 Å². The zero-order valence-electron chi connectivity index (χ0n) is 16.8. The lowest BCUT2D eigenvalue weighted by Crippen LogP contribution is -2.49. The fourth-order valence-electron chi connectivity index (χ4n) is 3.35. The predicted octanol–water partition coefficient (Wildman–Crippen LogP) is 3.60. The van der Waals surface area contributed by atoms with Crippen molar-refractivity contribution < 1.29 is 9.21 Å². The van der Waals surface area contributed by atoms with E-state index in [-0.39, 0.29) is 17.2 Å². The number of hydrogen-bond acceptors (Lipinski definition) is 5. The van der Waals surface area contributed by atoms with Crippen LogP contribution in [0, 0.1) is 0 Å². The van der Waals surface area contributed by atoms with Gasteiger partial charge in [0, 0.05) is 38.5 Å². The van der Waals surface area contributed by atoms with Gasteiger partial charge in [0.1, 0.15) is 0 Å². The van der Waals surface area contributed by atoms with Crippen molar-refractivity contribution in [2.75, 3.05) is 31.1 Å². The van der Waals surface area contributed by atoms with Crippen LogP contribution in [0.25, 0.3) is 0 Å². The van der Waals surface area contributed by atoms with Crippen LogP contribution in [0.1, 0.15) is 57.9 Å². The number of carbonyl (C=O) groups is 1. The number of amides is 1.